The first-order valence-corrected chi connectivity index (χ1v) is 9.34. The summed E-state index contributed by atoms with van der Waals surface area (Å²) in [4.78, 5) is 39.4. The minimum Gasteiger partial charge on any atom is -0.319 e. The molecule has 0 spiro atoms. The molecule has 3 rings (SSSR count). The molecule has 6 heteroatoms. The number of carbonyl (C=O) groups is 3. The molecule has 1 N–H and O–H groups in total. The molecule has 1 aliphatic rings. The summed E-state index contributed by atoms with van der Waals surface area (Å²) < 4.78 is 0. The summed E-state index contributed by atoms with van der Waals surface area (Å²) in [5.41, 5.74) is 0.0262. The Morgan fingerprint density at radius 3 is 2.37 bits per heavy atom. The van der Waals surface area contributed by atoms with E-state index in [0.29, 0.717) is 17.0 Å². The minimum absolute atomic E-state index is 0.299. The van der Waals surface area contributed by atoms with Crippen LogP contribution in [0.3, 0.4) is 0 Å². The minimum atomic E-state index is -1.12. The number of halogens is 1. The second-order valence-electron chi connectivity index (χ2n) is 6.63. The molecule has 2 aromatic rings. The number of nitrogens with zero attached hydrogens (tertiary/aromatic N) is 1. The highest BCUT2D eigenvalue weighted by atomic mass is 35.5. The fourth-order valence-electron chi connectivity index (χ4n) is 3.31. The van der Waals surface area contributed by atoms with Gasteiger partial charge in [-0.25, -0.2) is 4.79 Å². The van der Waals surface area contributed by atoms with Crippen molar-refractivity contribution >= 4 is 29.3 Å². The standard InChI is InChI=1S/C21H21ClN2O3/c1-2-3-13-21(16-7-5-4-6-8-16)19(26)24(20(27)23-21)14-18(25)15-9-11-17(22)12-10-15/h4-12H,2-3,13-14H2,1H3,(H,23,27). The second kappa shape index (κ2) is 7.92. The lowest BCUT2D eigenvalue weighted by molar-refractivity contribution is -0.131. The lowest BCUT2D eigenvalue weighted by Gasteiger charge is -2.27. The Balaban J connectivity index is 1.87. The number of urea groups is 1. The van der Waals surface area contributed by atoms with Gasteiger partial charge in [-0.15, -0.1) is 0 Å². The molecule has 3 amide bonds. The van der Waals surface area contributed by atoms with Gasteiger partial charge in [0.2, 0.25) is 0 Å². The Morgan fingerprint density at radius 1 is 1.07 bits per heavy atom. The molecule has 2 aromatic carbocycles. The number of rotatable bonds is 7. The number of hydrogen-bond donors (Lipinski definition) is 1. The number of benzene rings is 2. The van der Waals surface area contributed by atoms with Crippen molar-refractivity contribution in [2.45, 2.75) is 31.7 Å². The molecule has 27 heavy (non-hydrogen) atoms. The molecule has 1 atom stereocenters. The average Bonchev–Trinajstić information content (AvgIpc) is 2.92. The van der Waals surface area contributed by atoms with Crippen LogP contribution in [0.25, 0.3) is 0 Å². The highest BCUT2D eigenvalue weighted by Gasteiger charge is 2.52. The summed E-state index contributed by atoms with van der Waals surface area (Å²) in [6.07, 6.45) is 2.16. The summed E-state index contributed by atoms with van der Waals surface area (Å²) in [6.45, 7) is 1.73. The molecule has 0 saturated carbocycles. The summed E-state index contributed by atoms with van der Waals surface area (Å²) in [5, 5.41) is 3.37. The monoisotopic (exact) mass is 384 g/mol. The van der Waals surface area contributed by atoms with Crippen LogP contribution in [-0.4, -0.2) is 29.2 Å². The van der Waals surface area contributed by atoms with Gasteiger partial charge in [-0.05, 0) is 36.2 Å². The van der Waals surface area contributed by atoms with Crippen LogP contribution >= 0.6 is 11.6 Å². The van der Waals surface area contributed by atoms with E-state index in [4.69, 9.17) is 11.6 Å². The largest absolute Gasteiger partial charge is 0.325 e. The van der Waals surface area contributed by atoms with Gasteiger partial charge in [0.05, 0.1) is 6.54 Å². The number of ketones is 1. The van der Waals surface area contributed by atoms with Crippen LogP contribution in [0, 0.1) is 0 Å². The SMILES string of the molecule is CCCCC1(c2ccccc2)NC(=O)N(CC(=O)c2ccc(Cl)cc2)C1=O. The summed E-state index contributed by atoms with van der Waals surface area (Å²) in [7, 11) is 0. The van der Waals surface area contributed by atoms with Crippen molar-refractivity contribution in [3.05, 3.63) is 70.7 Å². The summed E-state index contributed by atoms with van der Waals surface area (Å²) in [5.74, 6) is -0.691. The Kier molecular flexibility index (Phi) is 5.61. The molecule has 0 radical (unpaired) electrons. The molecular formula is C21H21ClN2O3. The second-order valence-corrected chi connectivity index (χ2v) is 7.06. The van der Waals surface area contributed by atoms with Gasteiger partial charge >= 0.3 is 6.03 Å². The first-order chi connectivity index (χ1) is 13.0. The number of hydrogen-bond acceptors (Lipinski definition) is 3. The maximum Gasteiger partial charge on any atom is 0.325 e. The van der Waals surface area contributed by atoms with E-state index in [2.05, 4.69) is 5.32 Å². The van der Waals surface area contributed by atoms with Crippen molar-refractivity contribution in [3.63, 3.8) is 0 Å². The van der Waals surface area contributed by atoms with E-state index in [-0.39, 0.29) is 18.2 Å². The average molecular weight is 385 g/mol. The lowest BCUT2D eigenvalue weighted by atomic mass is 9.85. The molecule has 0 bridgehead atoms. The van der Waals surface area contributed by atoms with Crippen LogP contribution in [0.15, 0.2) is 54.6 Å². The summed E-state index contributed by atoms with van der Waals surface area (Å²) >= 11 is 5.85. The smallest absolute Gasteiger partial charge is 0.319 e. The fraction of sp³-hybridized carbons (Fsp3) is 0.286. The van der Waals surface area contributed by atoms with E-state index in [1.165, 1.54) is 0 Å². The van der Waals surface area contributed by atoms with Crippen molar-refractivity contribution in [2.75, 3.05) is 6.54 Å². The molecule has 0 aliphatic carbocycles. The number of amides is 3. The van der Waals surface area contributed by atoms with E-state index in [0.717, 1.165) is 23.3 Å². The van der Waals surface area contributed by atoms with E-state index in [1.54, 1.807) is 24.3 Å². The van der Waals surface area contributed by atoms with E-state index in [1.807, 2.05) is 37.3 Å². The third-order valence-corrected chi connectivity index (χ3v) is 5.07. The molecule has 1 aliphatic heterocycles. The van der Waals surface area contributed by atoms with Crippen LogP contribution in [0.1, 0.15) is 42.1 Å². The van der Waals surface area contributed by atoms with Crippen molar-refractivity contribution in [3.8, 4) is 0 Å². The molecule has 1 heterocycles. The van der Waals surface area contributed by atoms with Crippen LogP contribution in [-0.2, 0) is 10.3 Å². The zero-order valence-electron chi connectivity index (χ0n) is 15.1. The lowest BCUT2D eigenvalue weighted by Crippen LogP contribution is -2.44. The molecule has 1 fully saturated rings. The van der Waals surface area contributed by atoms with Gasteiger partial charge in [0.25, 0.3) is 5.91 Å². The number of Topliss-reactive ketones (excluding diaryl/α,β-unsaturated/α-hetero) is 1. The Hall–Kier alpha value is -2.66. The zero-order chi connectivity index (χ0) is 19.4. The van der Waals surface area contributed by atoms with Crippen molar-refractivity contribution < 1.29 is 14.4 Å². The first-order valence-electron chi connectivity index (χ1n) is 8.96. The predicted octanol–water partition coefficient (Wildman–Crippen LogP) is 4.16. The van der Waals surface area contributed by atoms with E-state index < -0.39 is 11.6 Å². The van der Waals surface area contributed by atoms with Gasteiger partial charge in [-0.3, -0.25) is 14.5 Å². The number of unbranched alkanes of at least 4 members (excludes halogenated alkanes) is 1. The van der Waals surface area contributed by atoms with Crippen LogP contribution in [0.2, 0.25) is 5.02 Å². The molecule has 0 aromatic heterocycles. The molecule has 5 nitrogen and oxygen atoms in total. The Labute approximate surface area is 163 Å². The molecular weight excluding hydrogens is 364 g/mol. The first kappa shape index (κ1) is 19.1. The van der Waals surface area contributed by atoms with Gasteiger partial charge in [0, 0.05) is 10.6 Å². The van der Waals surface area contributed by atoms with Gasteiger partial charge in [-0.2, -0.15) is 0 Å². The zero-order valence-corrected chi connectivity index (χ0v) is 15.8. The van der Waals surface area contributed by atoms with Gasteiger partial charge in [0.1, 0.15) is 5.54 Å². The molecule has 1 unspecified atom stereocenters. The van der Waals surface area contributed by atoms with E-state index >= 15 is 0 Å². The van der Waals surface area contributed by atoms with Crippen LogP contribution in [0.5, 0.6) is 0 Å². The Morgan fingerprint density at radius 2 is 1.74 bits per heavy atom. The van der Waals surface area contributed by atoms with Crippen molar-refractivity contribution in [1.82, 2.24) is 10.2 Å². The number of imide groups is 1. The van der Waals surface area contributed by atoms with Gasteiger partial charge in [0.15, 0.2) is 5.78 Å². The van der Waals surface area contributed by atoms with E-state index in [9.17, 15) is 14.4 Å². The topological polar surface area (TPSA) is 66.5 Å². The highest BCUT2D eigenvalue weighted by molar-refractivity contribution is 6.30. The predicted molar refractivity (Wildman–Crippen MR) is 104 cm³/mol. The third-order valence-electron chi connectivity index (χ3n) is 4.82. The van der Waals surface area contributed by atoms with Crippen molar-refractivity contribution in [1.29, 1.82) is 0 Å². The summed E-state index contributed by atoms with van der Waals surface area (Å²) in [6, 6.07) is 15.1. The maximum absolute atomic E-state index is 13.2. The normalized spacial score (nSPS) is 19.3. The van der Waals surface area contributed by atoms with Crippen LogP contribution in [0.4, 0.5) is 4.79 Å². The molecule has 1 saturated heterocycles. The quantitative estimate of drug-likeness (QED) is 0.575. The maximum atomic E-state index is 13.2. The molecule has 140 valence electrons. The van der Waals surface area contributed by atoms with Crippen LogP contribution < -0.4 is 5.32 Å². The number of carbonyl (C=O) groups excluding carboxylic acids is 3. The highest BCUT2D eigenvalue weighted by Crippen LogP contribution is 2.34. The third kappa shape index (κ3) is 3.74. The van der Waals surface area contributed by atoms with Crippen molar-refractivity contribution in [2.24, 2.45) is 0 Å². The fourth-order valence-corrected chi connectivity index (χ4v) is 3.44. The Bertz CT molecular complexity index is 851. The number of nitrogens with one attached hydrogen (secondary N) is 1. The van der Waals surface area contributed by atoms with Gasteiger partial charge in [-0.1, -0.05) is 61.7 Å². The van der Waals surface area contributed by atoms with Gasteiger partial charge < -0.3 is 5.32 Å².